The van der Waals surface area contributed by atoms with Crippen molar-refractivity contribution in [3.05, 3.63) is 48.5 Å². The number of ketones is 1. The van der Waals surface area contributed by atoms with Crippen LogP contribution in [-0.2, 0) is 0 Å². The Kier molecular flexibility index (Phi) is 2.54. The molecular formula is C12H10N2O. The Morgan fingerprint density at radius 1 is 1.07 bits per heavy atom. The van der Waals surface area contributed by atoms with Crippen LogP contribution in [0, 0.1) is 0 Å². The molecule has 2 aromatic rings. The third-order valence-electron chi connectivity index (χ3n) is 2.14. The van der Waals surface area contributed by atoms with E-state index in [1.165, 1.54) is 6.92 Å². The summed E-state index contributed by atoms with van der Waals surface area (Å²) in [4.78, 5) is 19.0. The summed E-state index contributed by atoms with van der Waals surface area (Å²) in [5, 5.41) is 0. The highest BCUT2D eigenvalue weighted by atomic mass is 16.1. The molecule has 0 aromatic carbocycles. The molecule has 0 amide bonds. The van der Waals surface area contributed by atoms with Crippen molar-refractivity contribution < 1.29 is 4.79 Å². The van der Waals surface area contributed by atoms with Crippen LogP contribution in [0.3, 0.4) is 0 Å². The largest absolute Gasteiger partial charge is 0.293 e. The van der Waals surface area contributed by atoms with Crippen molar-refractivity contribution in [3.63, 3.8) is 0 Å². The molecule has 0 fully saturated rings. The summed E-state index contributed by atoms with van der Waals surface area (Å²) >= 11 is 0. The fraction of sp³-hybridized carbons (Fsp3) is 0.0833. The second kappa shape index (κ2) is 4.00. The van der Waals surface area contributed by atoms with Crippen molar-refractivity contribution >= 4 is 5.78 Å². The van der Waals surface area contributed by atoms with Gasteiger partial charge in [-0.3, -0.25) is 14.8 Å². The zero-order valence-electron chi connectivity index (χ0n) is 8.34. The number of pyridine rings is 2. The van der Waals surface area contributed by atoms with Crippen LogP contribution in [-0.4, -0.2) is 15.8 Å². The summed E-state index contributed by atoms with van der Waals surface area (Å²) < 4.78 is 0. The van der Waals surface area contributed by atoms with Crippen LogP contribution in [0.15, 0.2) is 42.9 Å². The first kappa shape index (κ1) is 9.52. The highest BCUT2D eigenvalue weighted by molar-refractivity contribution is 5.92. The summed E-state index contributed by atoms with van der Waals surface area (Å²) in [6.07, 6.45) is 5.16. The zero-order valence-corrected chi connectivity index (χ0v) is 8.34. The lowest BCUT2D eigenvalue weighted by Crippen LogP contribution is -1.95. The molecule has 2 rings (SSSR count). The molecule has 0 N–H and O–H groups in total. The molecule has 74 valence electrons. The lowest BCUT2D eigenvalue weighted by atomic mass is 10.1. The Bertz CT molecular complexity index is 463. The Labute approximate surface area is 87.8 Å². The van der Waals surface area contributed by atoms with E-state index in [1.807, 2.05) is 18.2 Å². The van der Waals surface area contributed by atoms with Crippen molar-refractivity contribution in [2.45, 2.75) is 6.92 Å². The van der Waals surface area contributed by atoms with Crippen molar-refractivity contribution in [3.8, 4) is 11.1 Å². The summed E-state index contributed by atoms with van der Waals surface area (Å²) in [5.74, 6) is -0.0173. The Morgan fingerprint density at radius 3 is 2.33 bits per heavy atom. The Morgan fingerprint density at radius 2 is 1.80 bits per heavy atom. The fourth-order valence-corrected chi connectivity index (χ4v) is 1.32. The molecule has 3 nitrogen and oxygen atoms in total. The van der Waals surface area contributed by atoms with Gasteiger partial charge in [-0.15, -0.1) is 0 Å². The van der Waals surface area contributed by atoms with Gasteiger partial charge in [0.25, 0.3) is 0 Å². The fourth-order valence-electron chi connectivity index (χ4n) is 1.32. The molecule has 0 unspecified atom stereocenters. The predicted molar refractivity (Wildman–Crippen MR) is 57.5 cm³/mol. The molecule has 0 bridgehead atoms. The SMILES string of the molecule is CC(=O)c1ccc(-c2ccncc2)cn1. The van der Waals surface area contributed by atoms with Crippen LogP contribution < -0.4 is 0 Å². The molecular weight excluding hydrogens is 188 g/mol. The van der Waals surface area contributed by atoms with E-state index in [0.29, 0.717) is 5.69 Å². The number of aromatic nitrogens is 2. The van der Waals surface area contributed by atoms with Crippen LogP contribution in [0.1, 0.15) is 17.4 Å². The number of nitrogens with zero attached hydrogens (tertiary/aromatic N) is 2. The number of carbonyl (C=O) groups is 1. The standard InChI is InChI=1S/C12H10N2O/c1-9(15)12-3-2-11(8-14-12)10-4-6-13-7-5-10/h2-8H,1H3. The monoisotopic (exact) mass is 198 g/mol. The minimum Gasteiger partial charge on any atom is -0.293 e. The summed E-state index contributed by atoms with van der Waals surface area (Å²) in [6.45, 7) is 1.51. The number of Topliss-reactive ketones (excluding diaryl/α,β-unsaturated/α-hetero) is 1. The van der Waals surface area contributed by atoms with Crippen LogP contribution in [0.2, 0.25) is 0 Å². The molecule has 15 heavy (non-hydrogen) atoms. The van der Waals surface area contributed by atoms with Gasteiger partial charge in [-0.2, -0.15) is 0 Å². The van der Waals surface area contributed by atoms with Crippen LogP contribution in [0.5, 0.6) is 0 Å². The van der Waals surface area contributed by atoms with Crippen molar-refractivity contribution in [2.24, 2.45) is 0 Å². The smallest absolute Gasteiger partial charge is 0.178 e. The van der Waals surface area contributed by atoms with Gasteiger partial charge in [-0.05, 0) is 23.8 Å². The average molecular weight is 198 g/mol. The van der Waals surface area contributed by atoms with Gasteiger partial charge in [0.05, 0.1) is 0 Å². The highest BCUT2D eigenvalue weighted by Crippen LogP contribution is 2.16. The second-order valence-corrected chi connectivity index (χ2v) is 3.22. The molecule has 0 aliphatic rings. The normalized spacial score (nSPS) is 9.93. The summed E-state index contributed by atoms with van der Waals surface area (Å²) in [6, 6.07) is 7.44. The number of hydrogen-bond acceptors (Lipinski definition) is 3. The molecule has 0 aliphatic carbocycles. The van der Waals surface area contributed by atoms with Gasteiger partial charge >= 0.3 is 0 Å². The maximum absolute atomic E-state index is 11.0. The van der Waals surface area contributed by atoms with Crippen molar-refractivity contribution in [2.75, 3.05) is 0 Å². The minimum absolute atomic E-state index is 0.0173. The maximum Gasteiger partial charge on any atom is 0.178 e. The van der Waals surface area contributed by atoms with Crippen molar-refractivity contribution in [1.29, 1.82) is 0 Å². The van der Waals surface area contributed by atoms with Gasteiger partial charge in [0, 0.05) is 31.1 Å². The predicted octanol–water partition coefficient (Wildman–Crippen LogP) is 2.35. The lowest BCUT2D eigenvalue weighted by molar-refractivity contribution is 0.101. The van der Waals surface area contributed by atoms with Crippen molar-refractivity contribution in [1.82, 2.24) is 9.97 Å². The van der Waals surface area contributed by atoms with E-state index in [9.17, 15) is 4.79 Å². The number of hydrogen-bond donors (Lipinski definition) is 0. The van der Waals surface area contributed by atoms with Gasteiger partial charge in [-0.25, -0.2) is 0 Å². The van der Waals surface area contributed by atoms with Crippen LogP contribution in [0.25, 0.3) is 11.1 Å². The van der Waals surface area contributed by atoms with E-state index >= 15 is 0 Å². The summed E-state index contributed by atoms with van der Waals surface area (Å²) in [7, 11) is 0. The van der Waals surface area contributed by atoms with Crippen LogP contribution >= 0.6 is 0 Å². The number of carbonyl (C=O) groups excluding carboxylic acids is 1. The minimum atomic E-state index is -0.0173. The third-order valence-corrected chi connectivity index (χ3v) is 2.14. The van der Waals surface area contributed by atoms with E-state index in [1.54, 1.807) is 24.7 Å². The molecule has 0 saturated carbocycles. The summed E-state index contributed by atoms with van der Waals surface area (Å²) in [5.41, 5.74) is 2.53. The molecule has 0 spiro atoms. The molecule has 0 saturated heterocycles. The third kappa shape index (κ3) is 2.07. The molecule has 0 atom stereocenters. The molecule has 0 aliphatic heterocycles. The Balaban J connectivity index is 2.36. The first-order valence-electron chi connectivity index (χ1n) is 4.65. The van der Waals surface area contributed by atoms with E-state index in [-0.39, 0.29) is 5.78 Å². The molecule has 2 heterocycles. The highest BCUT2D eigenvalue weighted by Gasteiger charge is 2.01. The van der Waals surface area contributed by atoms with Gasteiger partial charge < -0.3 is 0 Å². The van der Waals surface area contributed by atoms with E-state index in [2.05, 4.69) is 9.97 Å². The lowest BCUT2D eigenvalue weighted by Gasteiger charge is -2.00. The molecule has 2 aromatic heterocycles. The zero-order chi connectivity index (χ0) is 10.7. The van der Waals surface area contributed by atoms with Crippen LogP contribution in [0.4, 0.5) is 0 Å². The van der Waals surface area contributed by atoms with E-state index in [0.717, 1.165) is 11.1 Å². The number of rotatable bonds is 2. The topological polar surface area (TPSA) is 42.9 Å². The average Bonchev–Trinajstić information content (AvgIpc) is 2.30. The second-order valence-electron chi connectivity index (χ2n) is 3.22. The van der Waals surface area contributed by atoms with E-state index < -0.39 is 0 Å². The molecule has 3 heteroatoms. The molecule has 0 radical (unpaired) electrons. The van der Waals surface area contributed by atoms with Gasteiger partial charge in [0.1, 0.15) is 5.69 Å². The van der Waals surface area contributed by atoms with Gasteiger partial charge in [-0.1, -0.05) is 6.07 Å². The first-order valence-corrected chi connectivity index (χ1v) is 4.65. The van der Waals surface area contributed by atoms with Gasteiger partial charge in [0.15, 0.2) is 5.78 Å². The maximum atomic E-state index is 11.0. The van der Waals surface area contributed by atoms with Gasteiger partial charge in [0.2, 0.25) is 0 Å². The quantitative estimate of drug-likeness (QED) is 0.695. The van der Waals surface area contributed by atoms with E-state index in [4.69, 9.17) is 0 Å². The Hall–Kier alpha value is -2.03. The first-order chi connectivity index (χ1) is 7.27.